The maximum atomic E-state index is 12.4. The molecule has 0 radical (unpaired) electrons. The SMILES string of the molecule is COC1CN(C(=O)N2CCC[C@H]2C(=O)O)CCC1C. The highest BCUT2D eigenvalue weighted by Gasteiger charge is 2.38. The van der Waals surface area contributed by atoms with Crippen molar-refractivity contribution in [2.45, 2.75) is 38.3 Å². The van der Waals surface area contributed by atoms with E-state index in [4.69, 9.17) is 9.84 Å². The van der Waals surface area contributed by atoms with Gasteiger partial charge in [0.25, 0.3) is 0 Å². The van der Waals surface area contributed by atoms with E-state index in [1.54, 1.807) is 12.0 Å². The third-order valence-corrected chi connectivity index (χ3v) is 4.25. The molecule has 19 heavy (non-hydrogen) atoms. The molecule has 0 aromatic carbocycles. The number of methoxy groups -OCH3 is 1. The van der Waals surface area contributed by atoms with Gasteiger partial charge in [-0.05, 0) is 25.2 Å². The fourth-order valence-electron chi connectivity index (χ4n) is 2.95. The molecular weight excluding hydrogens is 248 g/mol. The lowest BCUT2D eigenvalue weighted by Gasteiger charge is -2.38. The first kappa shape index (κ1) is 14.1. The third-order valence-electron chi connectivity index (χ3n) is 4.25. The van der Waals surface area contributed by atoms with Crippen LogP contribution in [0.1, 0.15) is 26.2 Å². The van der Waals surface area contributed by atoms with Crippen molar-refractivity contribution in [1.29, 1.82) is 0 Å². The normalized spacial score (nSPS) is 31.6. The Morgan fingerprint density at radius 1 is 1.26 bits per heavy atom. The Bertz CT molecular complexity index is 361. The number of amides is 2. The van der Waals surface area contributed by atoms with Crippen LogP contribution in [0.4, 0.5) is 4.79 Å². The van der Waals surface area contributed by atoms with Gasteiger partial charge in [0.2, 0.25) is 0 Å². The number of carboxylic acid groups (broad SMARTS) is 1. The van der Waals surface area contributed by atoms with Gasteiger partial charge in [-0.15, -0.1) is 0 Å². The van der Waals surface area contributed by atoms with Crippen molar-refractivity contribution in [2.75, 3.05) is 26.7 Å². The summed E-state index contributed by atoms with van der Waals surface area (Å²) in [4.78, 5) is 26.8. The van der Waals surface area contributed by atoms with Crippen molar-refractivity contribution in [3.05, 3.63) is 0 Å². The summed E-state index contributed by atoms with van der Waals surface area (Å²) in [5.41, 5.74) is 0. The van der Waals surface area contributed by atoms with Crippen molar-refractivity contribution in [1.82, 2.24) is 9.80 Å². The van der Waals surface area contributed by atoms with Crippen molar-refractivity contribution in [3.8, 4) is 0 Å². The lowest BCUT2D eigenvalue weighted by atomic mass is 9.96. The maximum absolute atomic E-state index is 12.4. The predicted molar refractivity (Wildman–Crippen MR) is 68.9 cm³/mol. The summed E-state index contributed by atoms with van der Waals surface area (Å²) in [5.74, 6) is -0.470. The molecule has 2 rings (SSSR count). The second kappa shape index (κ2) is 5.77. The average Bonchev–Trinajstić information content (AvgIpc) is 2.87. The first-order chi connectivity index (χ1) is 9.04. The molecule has 6 nitrogen and oxygen atoms in total. The minimum atomic E-state index is -0.903. The zero-order valence-corrected chi connectivity index (χ0v) is 11.5. The van der Waals surface area contributed by atoms with Crippen LogP contribution >= 0.6 is 0 Å². The number of carboxylic acids is 1. The fraction of sp³-hybridized carbons (Fsp3) is 0.846. The van der Waals surface area contributed by atoms with E-state index in [9.17, 15) is 9.59 Å². The van der Waals surface area contributed by atoms with E-state index in [-0.39, 0.29) is 12.1 Å². The zero-order chi connectivity index (χ0) is 14.0. The van der Waals surface area contributed by atoms with E-state index in [1.807, 2.05) is 0 Å². The molecule has 2 heterocycles. The molecule has 2 amide bonds. The number of ether oxygens (including phenoxy) is 1. The van der Waals surface area contributed by atoms with E-state index in [2.05, 4.69) is 6.92 Å². The van der Waals surface area contributed by atoms with Crippen LogP contribution in [0, 0.1) is 5.92 Å². The van der Waals surface area contributed by atoms with Crippen LogP contribution in [0.5, 0.6) is 0 Å². The van der Waals surface area contributed by atoms with Gasteiger partial charge >= 0.3 is 12.0 Å². The number of hydrogen-bond donors (Lipinski definition) is 1. The number of piperidine rings is 1. The molecule has 0 spiro atoms. The number of carbonyl (C=O) groups excluding carboxylic acids is 1. The summed E-state index contributed by atoms with van der Waals surface area (Å²) >= 11 is 0. The third kappa shape index (κ3) is 2.83. The van der Waals surface area contributed by atoms with Crippen LogP contribution in [0.25, 0.3) is 0 Å². The van der Waals surface area contributed by atoms with E-state index in [1.165, 1.54) is 4.90 Å². The van der Waals surface area contributed by atoms with Crippen LogP contribution in [-0.2, 0) is 9.53 Å². The van der Waals surface area contributed by atoms with Crippen molar-refractivity contribution in [3.63, 3.8) is 0 Å². The predicted octanol–water partition coefficient (Wildman–Crippen LogP) is 1.01. The summed E-state index contributed by atoms with van der Waals surface area (Å²) in [6.45, 7) is 3.90. The van der Waals surface area contributed by atoms with Gasteiger partial charge in [0.1, 0.15) is 6.04 Å². The second-order valence-electron chi connectivity index (χ2n) is 5.46. The molecule has 1 N–H and O–H groups in total. The summed E-state index contributed by atoms with van der Waals surface area (Å²) in [5, 5.41) is 9.13. The molecule has 2 unspecified atom stereocenters. The highest BCUT2D eigenvalue weighted by Crippen LogP contribution is 2.24. The molecule has 2 aliphatic heterocycles. The van der Waals surface area contributed by atoms with Gasteiger partial charge in [0.05, 0.1) is 6.10 Å². The van der Waals surface area contributed by atoms with Crippen LogP contribution in [0.2, 0.25) is 0 Å². The Kier molecular flexibility index (Phi) is 4.29. The smallest absolute Gasteiger partial charge is 0.326 e. The Labute approximate surface area is 113 Å². The molecule has 2 aliphatic rings. The average molecular weight is 270 g/mol. The van der Waals surface area contributed by atoms with Crippen LogP contribution in [0.15, 0.2) is 0 Å². The summed E-state index contributed by atoms with van der Waals surface area (Å²) in [6, 6.07) is -0.813. The van der Waals surface area contributed by atoms with E-state index >= 15 is 0 Å². The maximum Gasteiger partial charge on any atom is 0.326 e. The van der Waals surface area contributed by atoms with Crippen molar-refractivity contribution < 1.29 is 19.4 Å². The second-order valence-corrected chi connectivity index (χ2v) is 5.46. The molecule has 3 atom stereocenters. The molecule has 0 aliphatic carbocycles. The summed E-state index contributed by atoms with van der Waals surface area (Å²) in [6.07, 6.45) is 2.26. The fourth-order valence-corrected chi connectivity index (χ4v) is 2.95. The molecule has 6 heteroatoms. The van der Waals surface area contributed by atoms with Crippen molar-refractivity contribution >= 4 is 12.0 Å². The Hall–Kier alpha value is -1.30. The first-order valence-corrected chi connectivity index (χ1v) is 6.85. The molecule has 0 saturated carbocycles. The molecule has 108 valence electrons. The van der Waals surface area contributed by atoms with Gasteiger partial charge in [-0.25, -0.2) is 9.59 Å². The summed E-state index contributed by atoms with van der Waals surface area (Å²) in [7, 11) is 1.66. The Morgan fingerprint density at radius 2 is 2.00 bits per heavy atom. The van der Waals surface area contributed by atoms with E-state index < -0.39 is 12.0 Å². The first-order valence-electron chi connectivity index (χ1n) is 6.85. The number of urea groups is 1. The molecule has 0 bridgehead atoms. The number of nitrogens with zero attached hydrogens (tertiary/aromatic N) is 2. The number of likely N-dealkylation sites (tertiary alicyclic amines) is 2. The Balaban J connectivity index is 2.01. The number of hydrogen-bond acceptors (Lipinski definition) is 3. The van der Waals surface area contributed by atoms with Gasteiger partial charge in [0.15, 0.2) is 0 Å². The number of rotatable bonds is 2. The number of carbonyl (C=O) groups is 2. The zero-order valence-electron chi connectivity index (χ0n) is 11.5. The molecule has 0 aromatic heterocycles. The highest BCUT2D eigenvalue weighted by molar-refractivity contribution is 5.83. The quantitative estimate of drug-likeness (QED) is 0.813. The molecular formula is C13H22N2O4. The molecule has 0 aromatic rings. The standard InChI is InChI=1S/C13H22N2O4/c1-9-5-7-14(8-11(9)19-2)13(18)15-6-3-4-10(15)12(16)17/h9-11H,3-8H2,1-2H3,(H,16,17)/t9?,10-,11?/m0/s1. The lowest BCUT2D eigenvalue weighted by molar-refractivity contribution is -0.141. The van der Waals surface area contributed by atoms with Gasteiger partial charge < -0.3 is 19.6 Å². The summed E-state index contributed by atoms with van der Waals surface area (Å²) < 4.78 is 5.39. The largest absolute Gasteiger partial charge is 0.480 e. The topological polar surface area (TPSA) is 70.1 Å². The van der Waals surface area contributed by atoms with E-state index in [0.717, 1.165) is 12.8 Å². The van der Waals surface area contributed by atoms with Gasteiger partial charge in [-0.1, -0.05) is 6.92 Å². The Morgan fingerprint density at radius 3 is 2.63 bits per heavy atom. The van der Waals surface area contributed by atoms with Crippen molar-refractivity contribution in [2.24, 2.45) is 5.92 Å². The van der Waals surface area contributed by atoms with Gasteiger partial charge in [0, 0.05) is 26.7 Å². The van der Waals surface area contributed by atoms with Crippen LogP contribution in [-0.4, -0.2) is 65.8 Å². The van der Waals surface area contributed by atoms with Gasteiger partial charge in [-0.3, -0.25) is 0 Å². The monoisotopic (exact) mass is 270 g/mol. The van der Waals surface area contributed by atoms with Crippen LogP contribution < -0.4 is 0 Å². The molecule has 2 fully saturated rings. The molecule has 2 saturated heterocycles. The van der Waals surface area contributed by atoms with Gasteiger partial charge in [-0.2, -0.15) is 0 Å². The number of aliphatic carboxylic acids is 1. The van der Waals surface area contributed by atoms with E-state index in [0.29, 0.717) is 32.0 Å². The minimum absolute atomic E-state index is 0.0450. The minimum Gasteiger partial charge on any atom is -0.480 e. The van der Waals surface area contributed by atoms with Crippen LogP contribution in [0.3, 0.4) is 0 Å². The lowest BCUT2D eigenvalue weighted by Crippen LogP contribution is -2.53. The highest BCUT2D eigenvalue weighted by atomic mass is 16.5.